The minimum Gasteiger partial charge on any atom is -0.415 e. The van der Waals surface area contributed by atoms with Crippen LogP contribution in [0, 0.1) is 0 Å². The second-order valence-electron chi connectivity index (χ2n) is 22.9. The van der Waals surface area contributed by atoms with Gasteiger partial charge in [0.15, 0.2) is 78.6 Å². The van der Waals surface area contributed by atoms with Crippen LogP contribution in [0.25, 0.3) is 0 Å². The summed E-state index contributed by atoms with van der Waals surface area (Å²) in [5, 5.41) is 0. The molecule has 0 amide bonds. The zero-order chi connectivity index (χ0) is 43.4. The molecule has 8 unspecified atom stereocenters. The Labute approximate surface area is 346 Å². The third-order valence-corrected chi connectivity index (χ3v) is 15.3. The van der Waals surface area contributed by atoms with E-state index in [0.29, 0.717) is 6.61 Å². The second kappa shape index (κ2) is 20.3. The van der Waals surface area contributed by atoms with Gasteiger partial charge in [-0.25, -0.2) is 0 Å². The molecule has 328 valence electrons. The molecule has 0 N–H and O–H groups in total. The van der Waals surface area contributed by atoms with Crippen molar-refractivity contribution in [1.82, 2.24) is 0 Å². The summed E-state index contributed by atoms with van der Waals surface area (Å²) in [6.07, 6.45) is -5.74. The molecule has 0 aliphatic carbocycles. The maximum atomic E-state index is 14.8. The van der Waals surface area contributed by atoms with E-state index in [1.54, 1.807) is 0 Å². The van der Waals surface area contributed by atoms with Gasteiger partial charge < -0.3 is 44.9 Å². The number of carbonyl (C=O) groups excluding carboxylic acids is 1. The smallest absolute Gasteiger partial charge is 0.188 e. The standard InChI is InChI=1S/C36H86O11Si8/c1-48(2,3)38-25-28(37)31(33(45-53(16,17)18)30(43-51(10,11)12)27-40-50(7,8)9)42-36-35(47-55(22,23)24)34(46-54(19,20)21)32(44-52(13,14)15)29(41-36)26-39-49(4,5)6/h29-36H,25-27H2,1-24H3. The van der Waals surface area contributed by atoms with Crippen LogP contribution in [0.4, 0.5) is 0 Å². The first-order valence-electron chi connectivity index (χ1n) is 20.3. The predicted octanol–water partition coefficient (Wildman–Crippen LogP) is 9.32. The van der Waals surface area contributed by atoms with Crippen LogP contribution in [0.2, 0.25) is 157 Å². The molecule has 55 heavy (non-hydrogen) atoms. The highest BCUT2D eigenvalue weighted by Gasteiger charge is 2.54. The van der Waals surface area contributed by atoms with Gasteiger partial charge in [-0.2, -0.15) is 0 Å². The average Bonchev–Trinajstić information content (AvgIpc) is 2.89. The zero-order valence-corrected chi connectivity index (χ0v) is 47.7. The Bertz CT molecular complexity index is 1170. The Morgan fingerprint density at radius 1 is 0.491 bits per heavy atom. The van der Waals surface area contributed by atoms with Gasteiger partial charge in [-0.05, 0) is 157 Å². The van der Waals surface area contributed by atoms with Crippen molar-refractivity contribution in [3.05, 3.63) is 0 Å². The highest BCUT2D eigenvalue weighted by atomic mass is 28.4. The van der Waals surface area contributed by atoms with Crippen molar-refractivity contribution in [2.45, 2.75) is 206 Å². The van der Waals surface area contributed by atoms with Crippen LogP contribution in [-0.2, 0) is 49.7 Å². The average molecular weight is 920 g/mol. The normalized spacial score (nSPS) is 24.5. The minimum absolute atomic E-state index is 0.120. The van der Waals surface area contributed by atoms with Gasteiger partial charge in [-0.1, -0.05) is 0 Å². The number of rotatable bonds is 24. The van der Waals surface area contributed by atoms with Gasteiger partial charge >= 0.3 is 0 Å². The van der Waals surface area contributed by atoms with Crippen molar-refractivity contribution >= 4 is 72.3 Å². The highest BCUT2D eigenvalue weighted by molar-refractivity contribution is 6.72. The summed E-state index contributed by atoms with van der Waals surface area (Å²) >= 11 is 0. The number of carbonyl (C=O) groups is 1. The fraction of sp³-hybridized carbons (Fsp3) is 0.972. The van der Waals surface area contributed by atoms with E-state index in [-0.39, 0.29) is 19.0 Å². The molecule has 0 aromatic heterocycles. The molecule has 8 atom stereocenters. The number of hydrogen-bond donors (Lipinski definition) is 0. The summed E-state index contributed by atoms with van der Waals surface area (Å²) in [5.74, 6) is -0.226. The van der Waals surface area contributed by atoms with Crippen LogP contribution < -0.4 is 0 Å². The van der Waals surface area contributed by atoms with E-state index < -0.39 is 116 Å². The molecule has 0 aromatic rings. The Morgan fingerprint density at radius 2 is 0.909 bits per heavy atom. The van der Waals surface area contributed by atoms with Crippen molar-refractivity contribution < 1.29 is 49.7 Å². The Kier molecular flexibility index (Phi) is 19.9. The van der Waals surface area contributed by atoms with Crippen LogP contribution in [0.15, 0.2) is 0 Å². The van der Waals surface area contributed by atoms with Gasteiger partial charge in [0.1, 0.15) is 36.6 Å². The fourth-order valence-electron chi connectivity index (χ4n) is 5.65. The molecule has 0 bridgehead atoms. The van der Waals surface area contributed by atoms with E-state index in [1.165, 1.54) is 0 Å². The molecule has 19 heteroatoms. The van der Waals surface area contributed by atoms with Crippen molar-refractivity contribution in [1.29, 1.82) is 0 Å². The molecule has 1 aliphatic rings. The van der Waals surface area contributed by atoms with Crippen LogP contribution in [0.1, 0.15) is 0 Å². The summed E-state index contributed by atoms with van der Waals surface area (Å²) in [4.78, 5) is 14.8. The van der Waals surface area contributed by atoms with E-state index in [0.717, 1.165) is 0 Å². The van der Waals surface area contributed by atoms with E-state index >= 15 is 0 Å². The van der Waals surface area contributed by atoms with Crippen molar-refractivity contribution in [3.63, 3.8) is 0 Å². The summed E-state index contributed by atoms with van der Waals surface area (Å²) < 4.78 is 68.8. The quantitative estimate of drug-likeness (QED) is 0.0865. The summed E-state index contributed by atoms with van der Waals surface area (Å²) in [7, 11) is -17.3. The fourth-order valence-corrected chi connectivity index (χ4v) is 13.0. The van der Waals surface area contributed by atoms with Gasteiger partial charge in [0.25, 0.3) is 0 Å². The van der Waals surface area contributed by atoms with Crippen molar-refractivity contribution in [2.24, 2.45) is 0 Å². The summed E-state index contributed by atoms with van der Waals surface area (Å²) in [6.45, 7) is 52.0. The predicted molar refractivity (Wildman–Crippen MR) is 248 cm³/mol. The third-order valence-electron chi connectivity index (χ3n) is 7.33. The first-order chi connectivity index (χ1) is 24.1. The molecule has 1 aliphatic heterocycles. The van der Waals surface area contributed by atoms with Gasteiger partial charge in [0.2, 0.25) is 0 Å². The first-order valence-corrected chi connectivity index (χ1v) is 47.5. The number of ether oxygens (including phenoxy) is 2. The van der Waals surface area contributed by atoms with Crippen molar-refractivity contribution in [3.8, 4) is 0 Å². The van der Waals surface area contributed by atoms with Crippen LogP contribution >= 0.6 is 0 Å². The second-order valence-corrected chi connectivity index (χ2v) is 58.7. The van der Waals surface area contributed by atoms with E-state index in [2.05, 4.69) is 157 Å². The van der Waals surface area contributed by atoms with E-state index in [4.69, 9.17) is 44.9 Å². The molecule has 1 heterocycles. The molecule has 0 spiro atoms. The van der Waals surface area contributed by atoms with Gasteiger partial charge in [-0.15, -0.1) is 0 Å². The number of hydrogen-bond acceptors (Lipinski definition) is 11. The Hall–Kier alpha value is 1.01. The lowest BCUT2D eigenvalue weighted by atomic mass is 9.98. The van der Waals surface area contributed by atoms with E-state index in [1.807, 2.05) is 0 Å². The highest BCUT2D eigenvalue weighted by Crippen LogP contribution is 2.36. The molecule has 0 saturated carbocycles. The zero-order valence-electron chi connectivity index (χ0n) is 39.7. The molecule has 1 rings (SSSR count). The van der Waals surface area contributed by atoms with Gasteiger partial charge in [0, 0.05) is 0 Å². The van der Waals surface area contributed by atoms with Crippen LogP contribution in [-0.4, -0.2) is 141 Å². The summed E-state index contributed by atoms with van der Waals surface area (Å²) in [5.41, 5.74) is 0. The SMILES string of the molecule is C[Si](C)(C)OCC(=O)C(OC1OC(CO[Si](C)(C)C)C(O[Si](C)(C)C)C(O[Si](C)(C)C)C1O[Si](C)(C)C)C(O[Si](C)(C)C)C(CO[Si](C)(C)C)O[Si](C)(C)C. The molecule has 0 aromatic carbocycles. The molecule has 1 saturated heterocycles. The molecular formula is C36H86O11Si8. The lowest BCUT2D eigenvalue weighted by Crippen LogP contribution is -2.67. The first kappa shape index (κ1) is 54.0. The Balaban J connectivity index is 4.19. The summed E-state index contributed by atoms with van der Waals surface area (Å²) in [6, 6.07) is 0. The molecular weight excluding hydrogens is 833 g/mol. The number of ketones is 1. The van der Waals surface area contributed by atoms with Gasteiger partial charge in [-0.3, -0.25) is 4.79 Å². The van der Waals surface area contributed by atoms with Crippen molar-refractivity contribution in [2.75, 3.05) is 19.8 Å². The lowest BCUT2D eigenvalue weighted by Gasteiger charge is -2.51. The number of Topliss-reactive ketones (excluding diaryl/α,β-unsaturated/α-hetero) is 1. The molecule has 0 radical (unpaired) electrons. The molecule has 11 nitrogen and oxygen atoms in total. The van der Waals surface area contributed by atoms with Gasteiger partial charge in [0.05, 0.1) is 25.9 Å². The monoisotopic (exact) mass is 918 g/mol. The topological polar surface area (TPSA) is 109 Å². The Morgan fingerprint density at radius 3 is 1.31 bits per heavy atom. The molecule has 1 fully saturated rings. The van der Waals surface area contributed by atoms with Crippen LogP contribution in [0.3, 0.4) is 0 Å². The van der Waals surface area contributed by atoms with Crippen LogP contribution in [0.5, 0.6) is 0 Å². The maximum Gasteiger partial charge on any atom is 0.188 e. The lowest BCUT2D eigenvalue weighted by molar-refractivity contribution is -0.305. The largest absolute Gasteiger partial charge is 0.415 e. The maximum absolute atomic E-state index is 14.8. The third kappa shape index (κ3) is 24.1. The van der Waals surface area contributed by atoms with E-state index in [9.17, 15) is 4.79 Å². The minimum atomic E-state index is -2.34.